The summed E-state index contributed by atoms with van der Waals surface area (Å²) in [6.07, 6.45) is 3.94. The molecule has 3 rings (SSSR count). The quantitative estimate of drug-likeness (QED) is 0.825. The van der Waals surface area contributed by atoms with Crippen LogP contribution in [0, 0.1) is 0 Å². The molecular weight excluding hydrogens is 348 g/mol. The molecule has 2 aliphatic heterocycles. The molecule has 1 aromatic rings. The molecule has 2 heterocycles. The van der Waals surface area contributed by atoms with Gasteiger partial charge in [-0.05, 0) is 57.1 Å². The Hall–Kier alpha value is -1.30. The highest BCUT2D eigenvalue weighted by molar-refractivity contribution is 6.30. The molecule has 5 nitrogen and oxygen atoms in total. The third-order valence-electron chi connectivity index (χ3n) is 5.61. The van der Waals surface area contributed by atoms with Crippen LogP contribution in [0.2, 0.25) is 5.02 Å². The van der Waals surface area contributed by atoms with Gasteiger partial charge in [0.25, 0.3) is 0 Å². The van der Waals surface area contributed by atoms with Crippen molar-refractivity contribution in [2.24, 2.45) is 0 Å². The largest absolute Gasteiger partial charge is 0.369 e. The summed E-state index contributed by atoms with van der Waals surface area (Å²) in [5.41, 5.74) is 1.20. The normalized spacial score (nSPS) is 20.8. The number of anilines is 1. The van der Waals surface area contributed by atoms with E-state index in [0.717, 1.165) is 44.3 Å². The smallest absolute Gasteiger partial charge is 0.237 e. The number of nitrogens with zero attached hydrogens (tertiary/aromatic N) is 3. The van der Waals surface area contributed by atoms with E-state index in [9.17, 15) is 4.79 Å². The number of hydrogen-bond donors (Lipinski definition) is 1. The first-order valence-electron chi connectivity index (χ1n) is 9.88. The standard InChI is InChI=1S/C20H31ClN4O/c1-17(20(26)22-9-12-23-10-3-2-4-11-23)24-13-15-25(16-14-24)19-7-5-18(21)6-8-19/h5-8,17H,2-4,9-16H2,1H3,(H,22,26)/t17-/m1/s1. The fraction of sp³-hybridized carbons (Fsp3) is 0.650. The summed E-state index contributed by atoms with van der Waals surface area (Å²) in [6, 6.07) is 7.93. The number of likely N-dealkylation sites (tertiary alicyclic amines) is 1. The number of benzene rings is 1. The average Bonchev–Trinajstić information content (AvgIpc) is 2.69. The highest BCUT2D eigenvalue weighted by Crippen LogP contribution is 2.20. The monoisotopic (exact) mass is 378 g/mol. The van der Waals surface area contributed by atoms with Gasteiger partial charge in [-0.1, -0.05) is 18.0 Å². The lowest BCUT2D eigenvalue weighted by atomic mass is 10.1. The maximum absolute atomic E-state index is 12.5. The first-order valence-corrected chi connectivity index (χ1v) is 10.3. The van der Waals surface area contributed by atoms with Gasteiger partial charge < -0.3 is 15.1 Å². The van der Waals surface area contributed by atoms with Gasteiger partial charge in [-0.3, -0.25) is 9.69 Å². The number of rotatable bonds is 6. The van der Waals surface area contributed by atoms with E-state index in [1.165, 1.54) is 38.0 Å². The van der Waals surface area contributed by atoms with Crippen LogP contribution >= 0.6 is 11.6 Å². The first-order chi connectivity index (χ1) is 12.6. The number of carbonyl (C=O) groups excluding carboxylic acids is 1. The first kappa shape index (κ1) is 19.5. The fourth-order valence-electron chi connectivity index (χ4n) is 3.85. The van der Waals surface area contributed by atoms with Crippen LogP contribution < -0.4 is 10.2 Å². The molecule has 2 fully saturated rings. The van der Waals surface area contributed by atoms with Crippen LogP contribution in [0.3, 0.4) is 0 Å². The van der Waals surface area contributed by atoms with E-state index in [2.05, 4.69) is 32.1 Å². The van der Waals surface area contributed by atoms with Crippen molar-refractivity contribution in [1.29, 1.82) is 0 Å². The molecule has 0 bridgehead atoms. The molecule has 0 aromatic heterocycles. The third kappa shape index (κ3) is 5.35. The second-order valence-corrected chi connectivity index (χ2v) is 7.81. The van der Waals surface area contributed by atoms with Gasteiger partial charge in [0.05, 0.1) is 6.04 Å². The molecular formula is C20H31ClN4O. The van der Waals surface area contributed by atoms with Crippen LogP contribution in [0.15, 0.2) is 24.3 Å². The molecule has 0 saturated carbocycles. The molecule has 0 unspecified atom stereocenters. The fourth-order valence-corrected chi connectivity index (χ4v) is 3.98. The molecule has 144 valence electrons. The number of piperidine rings is 1. The maximum Gasteiger partial charge on any atom is 0.237 e. The predicted molar refractivity (Wildman–Crippen MR) is 108 cm³/mol. The molecule has 1 aromatic carbocycles. The van der Waals surface area contributed by atoms with Crippen LogP contribution in [0.1, 0.15) is 26.2 Å². The summed E-state index contributed by atoms with van der Waals surface area (Å²) in [5, 5.41) is 3.89. The summed E-state index contributed by atoms with van der Waals surface area (Å²) in [4.78, 5) is 19.6. The van der Waals surface area contributed by atoms with E-state index < -0.39 is 0 Å². The molecule has 1 atom stereocenters. The van der Waals surface area contributed by atoms with E-state index in [1.54, 1.807) is 0 Å². The minimum Gasteiger partial charge on any atom is -0.369 e. The van der Waals surface area contributed by atoms with Crippen LogP contribution in [0.25, 0.3) is 0 Å². The lowest BCUT2D eigenvalue weighted by Crippen LogP contribution is -2.54. The van der Waals surface area contributed by atoms with Crippen molar-refractivity contribution in [3.63, 3.8) is 0 Å². The number of hydrogen-bond acceptors (Lipinski definition) is 4. The summed E-state index contributed by atoms with van der Waals surface area (Å²) in [6.45, 7) is 9.80. The van der Waals surface area contributed by atoms with Gasteiger partial charge >= 0.3 is 0 Å². The maximum atomic E-state index is 12.5. The molecule has 0 aliphatic carbocycles. The van der Waals surface area contributed by atoms with Crippen molar-refractivity contribution in [3.8, 4) is 0 Å². The second kappa shape index (κ2) is 9.58. The van der Waals surface area contributed by atoms with Gasteiger partial charge in [0, 0.05) is 50.0 Å². The molecule has 1 N–H and O–H groups in total. The Morgan fingerprint density at radius 1 is 1.04 bits per heavy atom. The van der Waals surface area contributed by atoms with Crippen molar-refractivity contribution < 1.29 is 4.79 Å². The summed E-state index contributed by atoms with van der Waals surface area (Å²) < 4.78 is 0. The number of carbonyl (C=O) groups is 1. The van der Waals surface area contributed by atoms with Crippen molar-refractivity contribution in [3.05, 3.63) is 29.3 Å². The van der Waals surface area contributed by atoms with E-state index in [-0.39, 0.29) is 11.9 Å². The number of nitrogens with one attached hydrogen (secondary N) is 1. The molecule has 2 saturated heterocycles. The highest BCUT2D eigenvalue weighted by Gasteiger charge is 2.25. The Labute approximate surface area is 162 Å². The highest BCUT2D eigenvalue weighted by atomic mass is 35.5. The van der Waals surface area contributed by atoms with Crippen LogP contribution in [-0.4, -0.2) is 74.1 Å². The Bertz CT molecular complexity index is 566. The number of halogens is 1. The topological polar surface area (TPSA) is 38.8 Å². The molecule has 0 spiro atoms. The summed E-state index contributed by atoms with van der Waals surface area (Å²) in [7, 11) is 0. The van der Waals surface area contributed by atoms with Gasteiger partial charge in [-0.25, -0.2) is 0 Å². The Balaban J connectivity index is 1.38. The van der Waals surface area contributed by atoms with Gasteiger partial charge in [0.2, 0.25) is 5.91 Å². The zero-order valence-corrected chi connectivity index (χ0v) is 16.5. The van der Waals surface area contributed by atoms with Crippen molar-refractivity contribution >= 4 is 23.2 Å². The van der Waals surface area contributed by atoms with E-state index >= 15 is 0 Å². The van der Waals surface area contributed by atoms with E-state index in [4.69, 9.17) is 11.6 Å². The SMILES string of the molecule is C[C@H](C(=O)NCCN1CCCCC1)N1CCN(c2ccc(Cl)cc2)CC1. The van der Waals surface area contributed by atoms with E-state index in [0.29, 0.717) is 0 Å². The van der Waals surface area contributed by atoms with Crippen LogP contribution in [0.4, 0.5) is 5.69 Å². The molecule has 2 aliphatic rings. The Morgan fingerprint density at radius 3 is 2.35 bits per heavy atom. The Kier molecular flexibility index (Phi) is 7.17. The lowest BCUT2D eigenvalue weighted by molar-refractivity contribution is -0.126. The zero-order chi connectivity index (χ0) is 18.4. The molecule has 26 heavy (non-hydrogen) atoms. The van der Waals surface area contributed by atoms with Gasteiger partial charge in [-0.15, -0.1) is 0 Å². The molecule has 6 heteroatoms. The average molecular weight is 379 g/mol. The number of amides is 1. The van der Waals surface area contributed by atoms with E-state index in [1.807, 2.05) is 19.1 Å². The van der Waals surface area contributed by atoms with Crippen molar-refractivity contribution in [1.82, 2.24) is 15.1 Å². The van der Waals surface area contributed by atoms with Gasteiger partial charge in [0.1, 0.15) is 0 Å². The lowest BCUT2D eigenvalue weighted by Gasteiger charge is -2.38. The van der Waals surface area contributed by atoms with Crippen LogP contribution in [-0.2, 0) is 4.79 Å². The zero-order valence-electron chi connectivity index (χ0n) is 15.8. The minimum absolute atomic E-state index is 0.0660. The van der Waals surface area contributed by atoms with Crippen molar-refractivity contribution in [2.75, 3.05) is 57.3 Å². The number of piperazine rings is 1. The second-order valence-electron chi connectivity index (χ2n) is 7.37. The molecule has 0 radical (unpaired) electrons. The van der Waals surface area contributed by atoms with Gasteiger partial charge in [-0.2, -0.15) is 0 Å². The van der Waals surface area contributed by atoms with Crippen LogP contribution in [0.5, 0.6) is 0 Å². The Morgan fingerprint density at radius 2 is 1.69 bits per heavy atom. The minimum atomic E-state index is -0.0660. The predicted octanol–water partition coefficient (Wildman–Crippen LogP) is 2.45. The summed E-state index contributed by atoms with van der Waals surface area (Å²) in [5.74, 6) is 0.155. The van der Waals surface area contributed by atoms with Crippen molar-refractivity contribution in [2.45, 2.75) is 32.2 Å². The third-order valence-corrected chi connectivity index (χ3v) is 5.86. The molecule has 1 amide bonds. The summed E-state index contributed by atoms with van der Waals surface area (Å²) >= 11 is 5.97. The van der Waals surface area contributed by atoms with Gasteiger partial charge in [0.15, 0.2) is 0 Å².